The van der Waals surface area contributed by atoms with Gasteiger partial charge < -0.3 is 0 Å². The second kappa shape index (κ2) is 3.35. The maximum atomic E-state index is 3.37. The lowest BCUT2D eigenvalue weighted by Gasteiger charge is -2.25. The van der Waals surface area contributed by atoms with E-state index in [-0.39, 0.29) is 0 Å². The first-order chi connectivity index (χ1) is 4.75. The smallest absolute Gasteiger partial charge is 0.0279 e. The van der Waals surface area contributed by atoms with E-state index in [0.717, 1.165) is 25.0 Å². The molecule has 0 aromatic rings. The minimum atomic E-state index is 0.769. The van der Waals surface area contributed by atoms with Gasteiger partial charge in [-0.15, -0.1) is 0 Å². The van der Waals surface area contributed by atoms with Crippen LogP contribution < -0.4 is 5.43 Å². The molecule has 1 N–H and O–H groups in total. The molecular weight excluding hydrogens is 124 g/mol. The summed E-state index contributed by atoms with van der Waals surface area (Å²) in [5.41, 5.74) is 3.37. The van der Waals surface area contributed by atoms with E-state index in [2.05, 4.69) is 31.2 Å². The Kier molecular flexibility index (Phi) is 2.69. The molecular formula is C8H18N2. The molecule has 2 heteroatoms. The van der Waals surface area contributed by atoms with Gasteiger partial charge in [0.05, 0.1) is 0 Å². The Morgan fingerprint density at radius 3 is 2.70 bits per heavy atom. The predicted octanol–water partition coefficient (Wildman–Crippen LogP) is 1.24. The first kappa shape index (κ1) is 8.02. The molecule has 1 unspecified atom stereocenters. The maximum Gasteiger partial charge on any atom is 0.0279 e. The quantitative estimate of drug-likeness (QED) is 0.624. The van der Waals surface area contributed by atoms with Gasteiger partial charge in [0.1, 0.15) is 0 Å². The summed E-state index contributed by atoms with van der Waals surface area (Å²) in [5, 5.41) is 2.35. The molecule has 2 nitrogen and oxygen atoms in total. The van der Waals surface area contributed by atoms with Gasteiger partial charge in [0.25, 0.3) is 0 Å². The molecule has 1 heterocycles. The van der Waals surface area contributed by atoms with Crippen LogP contribution in [-0.2, 0) is 0 Å². The van der Waals surface area contributed by atoms with E-state index in [0.29, 0.717) is 0 Å². The lowest BCUT2D eigenvalue weighted by Crippen LogP contribution is -2.39. The van der Waals surface area contributed by atoms with Crippen LogP contribution in [0.5, 0.6) is 0 Å². The van der Waals surface area contributed by atoms with Crippen LogP contribution in [0.3, 0.4) is 0 Å². The summed E-state index contributed by atoms with van der Waals surface area (Å²) < 4.78 is 0. The van der Waals surface area contributed by atoms with E-state index >= 15 is 0 Å². The highest BCUT2D eigenvalue weighted by Crippen LogP contribution is 2.16. The molecule has 10 heavy (non-hydrogen) atoms. The van der Waals surface area contributed by atoms with Gasteiger partial charge in [-0.3, -0.25) is 5.43 Å². The molecule has 1 atom stereocenters. The molecule has 0 aromatic carbocycles. The van der Waals surface area contributed by atoms with Gasteiger partial charge in [-0.05, 0) is 12.3 Å². The first-order valence-corrected chi connectivity index (χ1v) is 4.25. The Labute approximate surface area is 63.6 Å². The summed E-state index contributed by atoms with van der Waals surface area (Å²) in [7, 11) is 0. The van der Waals surface area contributed by atoms with Crippen molar-refractivity contribution in [3.8, 4) is 0 Å². The fourth-order valence-corrected chi connectivity index (χ4v) is 1.67. The monoisotopic (exact) mass is 142 g/mol. The molecule has 0 aromatic heterocycles. The van der Waals surface area contributed by atoms with Crippen molar-refractivity contribution in [2.24, 2.45) is 5.92 Å². The highest BCUT2D eigenvalue weighted by molar-refractivity contribution is 4.77. The molecule has 0 aliphatic carbocycles. The normalized spacial score (nSPS) is 28.2. The number of nitrogens with zero attached hydrogens (tertiary/aromatic N) is 1. The first-order valence-electron chi connectivity index (χ1n) is 4.25. The largest absolute Gasteiger partial charge is 0.255 e. The molecule has 0 radical (unpaired) electrons. The summed E-state index contributed by atoms with van der Waals surface area (Å²) in [6, 6.07) is 0.769. The van der Waals surface area contributed by atoms with Crippen LogP contribution in [0.1, 0.15) is 27.2 Å². The molecule has 60 valence electrons. The van der Waals surface area contributed by atoms with E-state index in [4.69, 9.17) is 0 Å². The summed E-state index contributed by atoms with van der Waals surface area (Å²) in [5.74, 6) is 0.787. The van der Waals surface area contributed by atoms with Crippen molar-refractivity contribution in [3.05, 3.63) is 0 Å². The average molecular weight is 142 g/mol. The Morgan fingerprint density at radius 2 is 2.30 bits per heavy atom. The second-order valence-corrected chi connectivity index (χ2v) is 3.29. The van der Waals surface area contributed by atoms with E-state index in [1.54, 1.807) is 0 Å². The fourth-order valence-electron chi connectivity index (χ4n) is 1.67. The molecule has 1 aliphatic rings. The molecule has 1 saturated heterocycles. The Morgan fingerprint density at radius 1 is 1.60 bits per heavy atom. The number of hydrogen-bond acceptors (Lipinski definition) is 2. The van der Waals surface area contributed by atoms with Crippen molar-refractivity contribution in [3.63, 3.8) is 0 Å². The summed E-state index contributed by atoms with van der Waals surface area (Å²) in [6.07, 6.45) is 1.31. The van der Waals surface area contributed by atoms with E-state index < -0.39 is 0 Å². The van der Waals surface area contributed by atoms with Gasteiger partial charge in [0, 0.05) is 19.1 Å². The summed E-state index contributed by atoms with van der Waals surface area (Å²) in [6.45, 7) is 9.08. The zero-order valence-corrected chi connectivity index (χ0v) is 7.22. The Hall–Kier alpha value is -0.0800. The maximum absolute atomic E-state index is 3.37. The van der Waals surface area contributed by atoms with Gasteiger partial charge in [0.15, 0.2) is 0 Å². The van der Waals surface area contributed by atoms with E-state index in [9.17, 15) is 0 Å². The van der Waals surface area contributed by atoms with Crippen LogP contribution in [0.25, 0.3) is 0 Å². The third-order valence-electron chi connectivity index (χ3n) is 2.27. The average Bonchev–Trinajstić information content (AvgIpc) is 2.33. The van der Waals surface area contributed by atoms with Crippen LogP contribution >= 0.6 is 0 Å². The van der Waals surface area contributed by atoms with Gasteiger partial charge in [-0.25, -0.2) is 5.01 Å². The van der Waals surface area contributed by atoms with Crippen molar-refractivity contribution in [1.82, 2.24) is 10.4 Å². The molecule has 0 saturated carbocycles. The van der Waals surface area contributed by atoms with Crippen LogP contribution in [0, 0.1) is 5.92 Å². The SMILES string of the molecule is CCN1NCCC1C(C)C. The molecule has 0 spiro atoms. The Bertz CT molecular complexity index is 101. The van der Waals surface area contributed by atoms with Crippen LogP contribution in [0.2, 0.25) is 0 Å². The van der Waals surface area contributed by atoms with Crippen molar-refractivity contribution in [2.75, 3.05) is 13.1 Å². The zero-order chi connectivity index (χ0) is 7.56. The summed E-state index contributed by atoms with van der Waals surface area (Å²) >= 11 is 0. The minimum absolute atomic E-state index is 0.769. The van der Waals surface area contributed by atoms with Crippen molar-refractivity contribution in [2.45, 2.75) is 33.2 Å². The van der Waals surface area contributed by atoms with Gasteiger partial charge in [-0.1, -0.05) is 20.8 Å². The van der Waals surface area contributed by atoms with E-state index in [1.165, 1.54) is 6.42 Å². The molecule has 0 amide bonds. The van der Waals surface area contributed by atoms with Gasteiger partial charge in [0.2, 0.25) is 0 Å². The number of hydrogen-bond donors (Lipinski definition) is 1. The number of nitrogens with one attached hydrogen (secondary N) is 1. The standard InChI is InChI=1S/C8H18N2/c1-4-10-8(7(2)3)5-6-9-10/h7-9H,4-6H2,1-3H3. The van der Waals surface area contributed by atoms with Crippen LogP contribution in [0.4, 0.5) is 0 Å². The lowest BCUT2D eigenvalue weighted by atomic mass is 10.0. The highest BCUT2D eigenvalue weighted by atomic mass is 15.5. The molecule has 1 rings (SSSR count). The molecule has 1 aliphatic heterocycles. The van der Waals surface area contributed by atoms with Crippen molar-refractivity contribution in [1.29, 1.82) is 0 Å². The fraction of sp³-hybridized carbons (Fsp3) is 1.00. The van der Waals surface area contributed by atoms with Crippen molar-refractivity contribution < 1.29 is 0 Å². The van der Waals surface area contributed by atoms with Gasteiger partial charge >= 0.3 is 0 Å². The van der Waals surface area contributed by atoms with Crippen LogP contribution in [-0.4, -0.2) is 24.1 Å². The predicted molar refractivity (Wildman–Crippen MR) is 43.6 cm³/mol. The third kappa shape index (κ3) is 1.50. The second-order valence-electron chi connectivity index (χ2n) is 3.29. The van der Waals surface area contributed by atoms with E-state index in [1.807, 2.05) is 0 Å². The van der Waals surface area contributed by atoms with Crippen LogP contribution in [0.15, 0.2) is 0 Å². The summed E-state index contributed by atoms with van der Waals surface area (Å²) in [4.78, 5) is 0. The Balaban J connectivity index is 2.42. The minimum Gasteiger partial charge on any atom is -0.255 e. The zero-order valence-electron chi connectivity index (χ0n) is 7.22. The molecule has 1 fully saturated rings. The molecule has 0 bridgehead atoms. The van der Waals surface area contributed by atoms with Gasteiger partial charge in [-0.2, -0.15) is 0 Å². The topological polar surface area (TPSA) is 15.3 Å². The lowest BCUT2D eigenvalue weighted by molar-refractivity contribution is 0.161. The third-order valence-corrected chi connectivity index (χ3v) is 2.27. The van der Waals surface area contributed by atoms with Crippen molar-refractivity contribution >= 4 is 0 Å². The number of hydrazine groups is 1. The number of rotatable bonds is 2. The highest BCUT2D eigenvalue weighted by Gasteiger charge is 2.24.